The van der Waals surface area contributed by atoms with E-state index in [1.165, 1.54) is 17.4 Å². The van der Waals surface area contributed by atoms with Crippen LogP contribution in [-0.2, 0) is 0 Å². The lowest BCUT2D eigenvalue weighted by molar-refractivity contribution is 0.580. The molecule has 1 aromatic heterocycles. The van der Waals surface area contributed by atoms with Crippen LogP contribution in [0.1, 0.15) is 16.5 Å². The summed E-state index contributed by atoms with van der Waals surface area (Å²) < 4.78 is 14.0. The molecule has 0 amide bonds. The zero-order valence-electron chi connectivity index (χ0n) is 9.01. The maximum atomic E-state index is 14.0. The highest BCUT2D eigenvalue weighted by molar-refractivity contribution is 7.10. The highest BCUT2D eigenvalue weighted by Crippen LogP contribution is 2.34. The first kappa shape index (κ1) is 12.8. The van der Waals surface area contributed by atoms with Crippen molar-refractivity contribution in [1.82, 2.24) is 5.32 Å². The second-order valence-corrected chi connectivity index (χ2v) is 5.26. The Kier molecular flexibility index (Phi) is 4.05. The van der Waals surface area contributed by atoms with Gasteiger partial charge in [0, 0.05) is 10.4 Å². The molecule has 0 saturated carbocycles. The molecular formula is C12H10Cl2FNS. The highest BCUT2D eigenvalue weighted by atomic mass is 35.5. The van der Waals surface area contributed by atoms with E-state index in [-0.39, 0.29) is 11.1 Å². The smallest absolute Gasteiger partial charge is 0.146 e. The molecule has 1 atom stereocenters. The number of rotatable bonds is 3. The first-order valence-electron chi connectivity index (χ1n) is 4.99. The Morgan fingerprint density at radius 3 is 2.59 bits per heavy atom. The molecule has 1 aromatic carbocycles. The fraction of sp³-hybridized carbons (Fsp3) is 0.167. The summed E-state index contributed by atoms with van der Waals surface area (Å²) in [4.78, 5) is 0.885. The van der Waals surface area contributed by atoms with Crippen molar-refractivity contribution in [1.29, 1.82) is 0 Å². The Balaban J connectivity index is 2.50. The van der Waals surface area contributed by atoms with Gasteiger partial charge in [0.15, 0.2) is 0 Å². The summed E-state index contributed by atoms with van der Waals surface area (Å²) in [6.07, 6.45) is 0. The molecule has 5 heteroatoms. The van der Waals surface area contributed by atoms with Crippen molar-refractivity contribution in [2.75, 3.05) is 7.05 Å². The van der Waals surface area contributed by atoms with Gasteiger partial charge in [-0.3, -0.25) is 0 Å². The molecule has 0 aliphatic carbocycles. The second kappa shape index (κ2) is 5.36. The fourth-order valence-corrected chi connectivity index (χ4v) is 3.16. The number of thiophene rings is 1. The maximum absolute atomic E-state index is 14.0. The lowest BCUT2D eigenvalue weighted by Crippen LogP contribution is -2.18. The van der Waals surface area contributed by atoms with Crippen molar-refractivity contribution < 1.29 is 4.39 Å². The molecule has 1 heterocycles. The summed E-state index contributed by atoms with van der Waals surface area (Å²) in [7, 11) is 1.76. The lowest BCUT2D eigenvalue weighted by Gasteiger charge is -2.17. The normalized spacial score (nSPS) is 12.7. The third-order valence-electron chi connectivity index (χ3n) is 2.49. The van der Waals surface area contributed by atoms with Crippen LogP contribution in [0.3, 0.4) is 0 Å². The monoisotopic (exact) mass is 289 g/mol. The van der Waals surface area contributed by atoms with E-state index in [0.717, 1.165) is 4.88 Å². The van der Waals surface area contributed by atoms with Crippen molar-refractivity contribution in [3.05, 3.63) is 55.9 Å². The molecule has 0 aliphatic rings. The summed E-state index contributed by atoms with van der Waals surface area (Å²) >= 11 is 13.3. The van der Waals surface area contributed by atoms with Crippen LogP contribution >= 0.6 is 34.5 Å². The largest absolute Gasteiger partial charge is 0.309 e. The van der Waals surface area contributed by atoms with E-state index < -0.39 is 5.82 Å². The summed E-state index contributed by atoms with van der Waals surface area (Å²) in [5.74, 6) is -0.405. The quantitative estimate of drug-likeness (QED) is 0.877. The molecule has 2 aromatic rings. The minimum atomic E-state index is -0.405. The highest BCUT2D eigenvalue weighted by Gasteiger charge is 2.20. The molecule has 1 unspecified atom stereocenters. The molecule has 90 valence electrons. The number of nitrogens with one attached hydrogen (secondary N) is 1. The second-order valence-electron chi connectivity index (χ2n) is 3.50. The van der Waals surface area contributed by atoms with E-state index in [9.17, 15) is 4.39 Å². The third kappa shape index (κ3) is 2.47. The van der Waals surface area contributed by atoms with E-state index in [1.54, 1.807) is 25.2 Å². The lowest BCUT2D eigenvalue weighted by atomic mass is 10.0. The van der Waals surface area contributed by atoms with Crippen LogP contribution in [-0.4, -0.2) is 7.05 Å². The molecule has 0 aliphatic heterocycles. The summed E-state index contributed by atoms with van der Waals surface area (Å²) in [6, 6.07) is 6.49. The molecular weight excluding hydrogens is 280 g/mol. The van der Waals surface area contributed by atoms with Gasteiger partial charge in [-0.1, -0.05) is 35.3 Å². The SMILES string of the molecule is CNC(c1cccc(Cl)c1F)c1sccc1Cl. The average molecular weight is 290 g/mol. The Hall–Kier alpha value is -0.610. The van der Waals surface area contributed by atoms with Gasteiger partial charge in [-0.05, 0) is 24.6 Å². The zero-order chi connectivity index (χ0) is 12.4. The minimum absolute atomic E-state index is 0.121. The molecule has 0 saturated heterocycles. The number of hydrogen-bond acceptors (Lipinski definition) is 2. The Labute approximate surface area is 113 Å². The molecule has 0 spiro atoms. The van der Waals surface area contributed by atoms with E-state index in [4.69, 9.17) is 23.2 Å². The Morgan fingerprint density at radius 2 is 2.00 bits per heavy atom. The van der Waals surface area contributed by atoms with Gasteiger partial charge >= 0.3 is 0 Å². The van der Waals surface area contributed by atoms with Crippen molar-refractivity contribution in [3.63, 3.8) is 0 Å². The van der Waals surface area contributed by atoms with E-state index in [1.807, 2.05) is 5.38 Å². The predicted octanol–water partition coefficient (Wildman–Crippen LogP) is 4.50. The average Bonchev–Trinajstić information content (AvgIpc) is 2.72. The molecule has 0 fully saturated rings. The standard InChI is InChI=1S/C12H10Cl2FNS/c1-16-11(12-9(14)5-6-17-12)7-3-2-4-8(13)10(7)15/h2-6,11,16H,1H3. The van der Waals surface area contributed by atoms with Gasteiger partial charge in [0.25, 0.3) is 0 Å². The summed E-state index contributed by atoms with van der Waals surface area (Å²) in [5, 5.41) is 5.69. The van der Waals surface area contributed by atoms with Crippen LogP contribution < -0.4 is 5.32 Å². The summed E-state index contributed by atoms with van der Waals surface area (Å²) in [5.41, 5.74) is 0.504. The number of hydrogen-bond donors (Lipinski definition) is 1. The molecule has 0 radical (unpaired) electrons. The van der Waals surface area contributed by atoms with Crippen LogP contribution in [0.25, 0.3) is 0 Å². The van der Waals surface area contributed by atoms with Gasteiger partial charge in [-0.2, -0.15) is 0 Å². The molecule has 1 N–H and O–H groups in total. The number of halogens is 3. The zero-order valence-corrected chi connectivity index (χ0v) is 11.3. The topological polar surface area (TPSA) is 12.0 Å². The fourth-order valence-electron chi connectivity index (χ4n) is 1.68. The van der Waals surface area contributed by atoms with E-state index >= 15 is 0 Å². The molecule has 1 nitrogen and oxygen atoms in total. The predicted molar refractivity (Wildman–Crippen MR) is 71.6 cm³/mol. The van der Waals surface area contributed by atoms with Crippen LogP contribution in [0.2, 0.25) is 10.0 Å². The first-order valence-corrected chi connectivity index (χ1v) is 6.62. The van der Waals surface area contributed by atoms with Crippen molar-refractivity contribution >= 4 is 34.5 Å². The molecule has 0 bridgehead atoms. The van der Waals surface area contributed by atoms with Crippen LogP contribution in [0.15, 0.2) is 29.6 Å². The van der Waals surface area contributed by atoms with Crippen LogP contribution in [0.4, 0.5) is 4.39 Å². The third-order valence-corrected chi connectivity index (χ3v) is 4.20. The number of benzene rings is 1. The Morgan fingerprint density at radius 1 is 1.24 bits per heavy atom. The van der Waals surface area contributed by atoms with Crippen molar-refractivity contribution in [2.45, 2.75) is 6.04 Å². The minimum Gasteiger partial charge on any atom is -0.309 e. The first-order chi connectivity index (χ1) is 8.15. The summed E-state index contributed by atoms with van der Waals surface area (Å²) in [6.45, 7) is 0. The van der Waals surface area contributed by atoms with Crippen molar-refractivity contribution in [3.8, 4) is 0 Å². The molecule has 17 heavy (non-hydrogen) atoms. The molecule has 2 rings (SSSR count). The van der Waals surface area contributed by atoms with Gasteiger partial charge in [0.1, 0.15) is 5.82 Å². The van der Waals surface area contributed by atoms with Crippen molar-refractivity contribution in [2.24, 2.45) is 0 Å². The van der Waals surface area contributed by atoms with Gasteiger partial charge in [0.05, 0.1) is 16.1 Å². The van der Waals surface area contributed by atoms with Gasteiger partial charge in [-0.15, -0.1) is 11.3 Å². The van der Waals surface area contributed by atoms with E-state index in [2.05, 4.69) is 5.32 Å². The van der Waals surface area contributed by atoms with Gasteiger partial charge in [0.2, 0.25) is 0 Å². The van der Waals surface area contributed by atoms with Gasteiger partial charge < -0.3 is 5.32 Å². The maximum Gasteiger partial charge on any atom is 0.146 e. The van der Waals surface area contributed by atoms with Gasteiger partial charge in [-0.25, -0.2) is 4.39 Å². The Bertz CT molecular complexity index is 527. The van der Waals surface area contributed by atoms with Crippen LogP contribution in [0.5, 0.6) is 0 Å². The van der Waals surface area contributed by atoms with Crippen LogP contribution in [0, 0.1) is 5.82 Å². The van der Waals surface area contributed by atoms with E-state index in [0.29, 0.717) is 10.6 Å².